The quantitative estimate of drug-likeness (QED) is 0.258. The second-order valence-corrected chi connectivity index (χ2v) is 10.2. The molecule has 1 unspecified atom stereocenters. The van der Waals surface area contributed by atoms with Crippen LogP contribution in [0.4, 0.5) is 0 Å². The number of aromatic nitrogens is 3. The molecular formula is C31H26N4O3S. The maximum atomic E-state index is 13.8. The highest BCUT2D eigenvalue weighted by molar-refractivity contribution is 7.16. The molecule has 0 aliphatic carbocycles. The summed E-state index contributed by atoms with van der Waals surface area (Å²) in [7, 11) is 1.71. The zero-order valence-electron chi connectivity index (χ0n) is 21.2. The second kappa shape index (κ2) is 10.2. The molecule has 0 fully saturated rings. The zero-order valence-corrected chi connectivity index (χ0v) is 22.0. The number of hydrogen-bond donors (Lipinski definition) is 3. The van der Waals surface area contributed by atoms with Crippen molar-refractivity contribution in [3.8, 4) is 5.75 Å². The third kappa shape index (κ3) is 4.38. The van der Waals surface area contributed by atoms with Crippen molar-refractivity contribution in [2.45, 2.75) is 12.3 Å². The molecule has 3 N–H and O–H groups in total. The molecule has 6 aromatic rings. The van der Waals surface area contributed by atoms with Gasteiger partial charge < -0.3 is 20.0 Å². The Labute approximate surface area is 228 Å². The number of benzene rings is 3. The van der Waals surface area contributed by atoms with E-state index in [-0.39, 0.29) is 22.8 Å². The molecule has 1 atom stereocenters. The van der Waals surface area contributed by atoms with Crippen LogP contribution < -0.4 is 10.9 Å². The minimum atomic E-state index is -0.580. The molecule has 3 heterocycles. The van der Waals surface area contributed by atoms with E-state index in [9.17, 15) is 14.7 Å². The predicted octanol–water partition coefficient (Wildman–Crippen LogP) is 5.33. The summed E-state index contributed by atoms with van der Waals surface area (Å²) in [5, 5.41) is 15.5. The molecule has 0 saturated carbocycles. The van der Waals surface area contributed by atoms with Crippen LogP contribution in [0.25, 0.3) is 21.3 Å². The van der Waals surface area contributed by atoms with Gasteiger partial charge in [0.1, 0.15) is 10.3 Å². The molecule has 194 valence electrons. The van der Waals surface area contributed by atoms with E-state index in [1.807, 2.05) is 72.8 Å². The third-order valence-corrected chi connectivity index (χ3v) is 8.02. The predicted molar refractivity (Wildman–Crippen MR) is 155 cm³/mol. The van der Waals surface area contributed by atoms with Crippen molar-refractivity contribution in [3.63, 3.8) is 0 Å². The summed E-state index contributed by atoms with van der Waals surface area (Å²) in [5.41, 5.74) is 6.20. The maximum absolute atomic E-state index is 13.8. The van der Waals surface area contributed by atoms with Gasteiger partial charge in [0.25, 0.3) is 11.5 Å². The number of fused-ring (bicyclic) bond motifs is 2. The first kappa shape index (κ1) is 24.6. The van der Waals surface area contributed by atoms with Crippen molar-refractivity contribution in [1.82, 2.24) is 19.9 Å². The Morgan fingerprint density at radius 1 is 1.03 bits per heavy atom. The number of nitrogens with one attached hydrogen (secondary N) is 2. The second-order valence-electron chi connectivity index (χ2n) is 9.41. The first-order valence-electron chi connectivity index (χ1n) is 12.7. The SMILES string of the molecule is Cn1c(=O)c(C(c2ccccc2)c2[nH]c3ccccc3c2CCNC(=O)c2ccccc2)c(O)c2ncsc21. The molecule has 0 bridgehead atoms. The third-order valence-electron chi connectivity index (χ3n) is 7.12. The fourth-order valence-electron chi connectivity index (χ4n) is 5.25. The van der Waals surface area contributed by atoms with Crippen molar-refractivity contribution in [2.24, 2.45) is 7.05 Å². The van der Waals surface area contributed by atoms with Crippen LogP contribution in [-0.4, -0.2) is 32.1 Å². The van der Waals surface area contributed by atoms with Crippen LogP contribution in [0.1, 0.15) is 38.7 Å². The number of pyridine rings is 1. The maximum Gasteiger partial charge on any atom is 0.259 e. The summed E-state index contributed by atoms with van der Waals surface area (Å²) in [6.45, 7) is 0.402. The molecule has 0 aliphatic heterocycles. The van der Waals surface area contributed by atoms with E-state index in [0.29, 0.717) is 28.9 Å². The highest BCUT2D eigenvalue weighted by Gasteiger charge is 2.30. The number of aromatic amines is 1. The Hall–Kier alpha value is -4.69. The number of aromatic hydroxyl groups is 1. The number of carbonyl (C=O) groups is 1. The van der Waals surface area contributed by atoms with Gasteiger partial charge in [0.15, 0.2) is 5.75 Å². The van der Waals surface area contributed by atoms with Gasteiger partial charge in [0.05, 0.1) is 17.0 Å². The monoisotopic (exact) mass is 534 g/mol. The summed E-state index contributed by atoms with van der Waals surface area (Å²) in [4.78, 5) is 35.1. The van der Waals surface area contributed by atoms with E-state index in [1.54, 1.807) is 29.3 Å². The van der Waals surface area contributed by atoms with Gasteiger partial charge in [-0.1, -0.05) is 66.7 Å². The average molecular weight is 535 g/mol. The van der Waals surface area contributed by atoms with Gasteiger partial charge in [-0.15, -0.1) is 11.3 Å². The van der Waals surface area contributed by atoms with Gasteiger partial charge in [0, 0.05) is 35.8 Å². The van der Waals surface area contributed by atoms with E-state index in [4.69, 9.17) is 0 Å². The summed E-state index contributed by atoms with van der Waals surface area (Å²) in [5.74, 6) is -0.828. The van der Waals surface area contributed by atoms with Crippen LogP contribution in [0, 0.1) is 0 Å². The van der Waals surface area contributed by atoms with Crippen LogP contribution in [0.2, 0.25) is 0 Å². The smallest absolute Gasteiger partial charge is 0.259 e. The number of amides is 1. The zero-order chi connectivity index (χ0) is 26.9. The van der Waals surface area contributed by atoms with E-state index >= 15 is 0 Å². The Morgan fingerprint density at radius 3 is 2.49 bits per heavy atom. The molecule has 0 aliphatic rings. The fraction of sp³-hybridized carbons (Fsp3) is 0.129. The number of rotatable bonds is 7. The number of aryl methyl sites for hydroxylation is 1. The summed E-state index contributed by atoms with van der Waals surface area (Å²) >= 11 is 1.32. The molecule has 39 heavy (non-hydrogen) atoms. The average Bonchev–Trinajstić information content (AvgIpc) is 3.61. The van der Waals surface area contributed by atoms with Crippen molar-refractivity contribution >= 4 is 38.5 Å². The van der Waals surface area contributed by atoms with E-state index < -0.39 is 5.92 Å². The van der Waals surface area contributed by atoms with E-state index in [1.165, 1.54) is 11.3 Å². The molecule has 3 aromatic carbocycles. The van der Waals surface area contributed by atoms with Crippen molar-refractivity contribution < 1.29 is 9.90 Å². The standard InChI is InChI=1S/C31H26N4O3S/c1-35-30(38)25(28(36)27-31(35)39-18-33-27)24(19-10-4-2-5-11-19)26-22(21-14-8-9-15-23(21)34-26)16-17-32-29(37)20-12-6-3-7-13-20/h2-15,18,24,34,36H,16-17H2,1H3,(H,32,37). The number of hydrogen-bond acceptors (Lipinski definition) is 5. The van der Waals surface area contributed by atoms with Crippen LogP contribution in [0.3, 0.4) is 0 Å². The van der Waals surface area contributed by atoms with E-state index in [2.05, 4.69) is 15.3 Å². The Morgan fingerprint density at radius 2 is 1.72 bits per heavy atom. The molecule has 3 aromatic heterocycles. The molecule has 6 rings (SSSR count). The van der Waals surface area contributed by atoms with Crippen molar-refractivity contribution in [1.29, 1.82) is 0 Å². The van der Waals surface area contributed by atoms with Crippen LogP contribution >= 0.6 is 11.3 Å². The first-order valence-corrected chi connectivity index (χ1v) is 13.5. The Balaban J connectivity index is 1.50. The van der Waals surface area contributed by atoms with E-state index in [0.717, 1.165) is 27.7 Å². The number of carbonyl (C=O) groups excluding carboxylic acids is 1. The lowest BCUT2D eigenvalue weighted by molar-refractivity contribution is 0.0954. The number of thiazole rings is 1. The van der Waals surface area contributed by atoms with Gasteiger partial charge >= 0.3 is 0 Å². The summed E-state index contributed by atoms with van der Waals surface area (Å²) < 4.78 is 1.56. The molecule has 7 nitrogen and oxygen atoms in total. The van der Waals surface area contributed by atoms with Crippen LogP contribution in [0.15, 0.2) is 95.2 Å². The number of para-hydroxylation sites is 1. The lowest BCUT2D eigenvalue weighted by atomic mass is 9.85. The first-order chi connectivity index (χ1) is 19.0. The van der Waals surface area contributed by atoms with Crippen LogP contribution in [-0.2, 0) is 13.5 Å². The fourth-order valence-corrected chi connectivity index (χ4v) is 6.01. The summed E-state index contributed by atoms with van der Waals surface area (Å²) in [6, 6.07) is 26.8. The van der Waals surface area contributed by atoms with Gasteiger partial charge in [-0.05, 0) is 35.7 Å². The molecule has 0 spiro atoms. The topological polar surface area (TPSA) is 100 Å². The lowest BCUT2D eigenvalue weighted by Crippen LogP contribution is -2.27. The number of H-pyrrole nitrogens is 1. The Bertz CT molecular complexity index is 1860. The minimum absolute atomic E-state index is 0.106. The molecule has 0 saturated heterocycles. The van der Waals surface area contributed by atoms with Crippen molar-refractivity contribution in [2.75, 3.05) is 6.54 Å². The number of nitrogens with zero attached hydrogens (tertiary/aromatic N) is 2. The molecule has 1 amide bonds. The van der Waals surface area contributed by atoms with Gasteiger partial charge in [0.2, 0.25) is 0 Å². The highest BCUT2D eigenvalue weighted by Crippen LogP contribution is 2.41. The molecule has 8 heteroatoms. The summed E-state index contributed by atoms with van der Waals surface area (Å²) in [6.07, 6.45) is 0.529. The van der Waals surface area contributed by atoms with Gasteiger partial charge in [-0.25, -0.2) is 4.98 Å². The lowest BCUT2D eigenvalue weighted by Gasteiger charge is -2.21. The molecule has 0 radical (unpaired) electrons. The van der Waals surface area contributed by atoms with Gasteiger partial charge in [-0.3, -0.25) is 9.59 Å². The van der Waals surface area contributed by atoms with Gasteiger partial charge in [-0.2, -0.15) is 0 Å². The highest BCUT2D eigenvalue weighted by atomic mass is 32.1. The van der Waals surface area contributed by atoms with Crippen molar-refractivity contribution in [3.05, 3.63) is 129 Å². The Kier molecular flexibility index (Phi) is 6.46. The largest absolute Gasteiger partial charge is 0.505 e. The molecular weight excluding hydrogens is 508 g/mol. The van der Waals surface area contributed by atoms with Crippen LogP contribution in [0.5, 0.6) is 5.75 Å². The normalized spacial score (nSPS) is 12.1. The minimum Gasteiger partial charge on any atom is -0.505 e.